The zero-order chi connectivity index (χ0) is 8.69. The van der Waals surface area contributed by atoms with E-state index in [1.54, 1.807) is 0 Å². The van der Waals surface area contributed by atoms with Crippen molar-refractivity contribution in [1.29, 1.82) is 0 Å². The van der Waals surface area contributed by atoms with Gasteiger partial charge < -0.3 is 4.12 Å². The molecule has 0 rings (SSSR count). The lowest BCUT2D eigenvalue weighted by molar-refractivity contribution is 0.598. The van der Waals surface area contributed by atoms with Crippen molar-refractivity contribution in [3.63, 3.8) is 0 Å². The summed E-state index contributed by atoms with van der Waals surface area (Å²) < 4.78 is 5.87. The molecule has 0 heterocycles. The molecule has 0 saturated heterocycles. The molecule has 0 aromatic carbocycles. The molecule has 0 amide bonds. The van der Waals surface area contributed by atoms with Crippen LogP contribution in [0.2, 0.25) is 25.2 Å². The summed E-state index contributed by atoms with van der Waals surface area (Å²) in [5, 5.41) is 0. The summed E-state index contributed by atoms with van der Waals surface area (Å²) in [7, 11) is -1.79. The van der Waals surface area contributed by atoms with Crippen LogP contribution in [-0.2, 0) is 4.12 Å². The van der Waals surface area contributed by atoms with Gasteiger partial charge in [-0.1, -0.05) is 12.2 Å². The van der Waals surface area contributed by atoms with E-state index in [1.165, 1.54) is 0 Å². The molecule has 0 fully saturated rings. The zero-order valence-electron chi connectivity index (χ0n) is 7.55. The minimum atomic E-state index is -0.896. The van der Waals surface area contributed by atoms with E-state index in [0.29, 0.717) is 0 Å². The Morgan fingerprint density at radius 1 is 1.09 bits per heavy atom. The van der Waals surface area contributed by atoms with Gasteiger partial charge >= 0.3 is 0 Å². The third-order valence-corrected chi connectivity index (χ3v) is 7.17. The minimum absolute atomic E-state index is 0.896. The Bertz CT molecular complexity index is 111. The molecule has 1 nitrogen and oxygen atoms in total. The average molecular weight is 186 g/mol. The van der Waals surface area contributed by atoms with E-state index in [-0.39, 0.29) is 0 Å². The van der Waals surface area contributed by atoms with Crippen molar-refractivity contribution in [2.75, 3.05) is 0 Å². The lowest BCUT2D eigenvalue weighted by atomic mass is 10.8. The molecular formula is C8H18OSi2. The number of rotatable bonds is 6. The number of hydrogen-bond acceptors (Lipinski definition) is 1. The maximum absolute atomic E-state index is 5.87. The molecule has 64 valence electrons. The average Bonchev–Trinajstić information content (AvgIpc) is 1.87. The zero-order valence-corrected chi connectivity index (χ0v) is 9.86. The molecular weight excluding hydrogens is 168 g/mol. The van der Waals surface area contributed by atoms with Crippen molar-refractivity contribution in [1.82, 2.24) is 0 Å². The van der Waals surface area contributed by atoms with Crippen LogP contribution in [-0.4, -0.2) is 18.1 Å². The number of hydrogen-bond donors (Lipinski definition) is 0. The van der Waals surface area contributed by atoms with Crippen molar-refractivity contribution >= 4 is 18.1 Å². The van der Waals surface area contributed by atoms with Crippen molar-refractivity contribution < 1.29 is 4.12 Å². The number of allylic oxidation sites excluding steroid dienone is 2. The van der Waals surface area contributed by atoms with Crippen LogP contribution in [0.15, 0.2) is 25.3 Å². The Kier molecular flexibility index (Phi) is 6.50. The Hall–Kier alpha value is -0.126. The highest BCUT2D eigenvalue weighted by Crippen LogP contribution is 2.01. The summed E-state index contributed by atoms with van der Waals surface area (Å²) in [6, 6.07) is 2.18. The standard InChI is InChI=1S/C8H18OSi2/c1-5-7-10(3)9-11(4)8-6-2/h5-6,10-11H,1-2,7-8H2,3-4H3. The van der Waals surface area contributed by atoms with Crippen LogP contribution in [0.1, 0.15) is 0 Å². The highest BCUT2D eigenvalue weighted by atomic mass is 28.4. The van der Waals surface area contributed by atoms with Crippen molar-refractivity contribution in [2.45, 2.75) is 25.2 Å². The van der Waals surface area contributed by atoms with E-state index >= 15 is 0 Å². The SMILES string of the molecule is C=CC[SiH](C)O[SiH](C)CC=C. The summed E-state index contributed by atoms with van der Waals surface area (Å²) in [5.74, 6) is 0. The Morgan fingerprint density at radius 2 is 1.45 bits per heavy atom. The molecule has 0 aliphatic heterocycles. The Balaban J connectivity index is 3.46. The molecule has 0 saturated carbocycles. The van der Waals surface area contributed by atoms with Gasteiger partial charge in [0.2, 0.25) is 0 Å². The summed E-state index contributed by atoms with van der Waals surface area (Å²) in [6.45, 7) is 11.9. The first-order chi connectivity index (χ1) is 5.20. The highest BCUT2D eigenvalue weighted by Gasteiger charge is 2.07. The second kappa shape index (κ2) is 6.58. The van der Waals surface area contributed by atoms with Crippen LogP contribution in [0, 0.1) is 0 Å². The maximum atomic E-state index is 5.87. The minimum Gasteiger partial charge on any atom is -0.460 e. The van der Waals surface area contributed by atoms with Crippen LogP contribution in [0.3, 0.4) is 0 Å². The van der Waals surface area contributed by atoms with Crippen LogP contribution in [0.4, 0.5) is 0 Å². The van der Waals surface area contributed by atoms with Crippen molar-refractivity contribution in [2.24, 2.45) is 0 Å². The highest BCUT2D eigenvalue weighted by molar-refractivity contribution is 6.65. The topological polar surface area (TPSA) is 9.23 Å². The molecule has 0 aromatic rings. The maximum Gasteiger partial charge on any atom is 0.163 e. The summed E-state index contributed by atoms with van der Waals surface area (Å²) >= 11 is 0. The molecule has 0 aliphatic carbocycles. The fourth-order valence-electron chi connectivity index (χ4n) is 0.977. The second-order valence-corrected chi connectivity index (χ2v) is 8.08. The lowest BCUT2D eigenvalue weighted by Crippen LogP contribution is -2.22. The molecule has 0 aliphatic rings. The molecule has 3 heteroatoms. The first-order valence-electron chi connectivity index (χ1n) is 4.08. The molecule has 2 atom stereocenters. The molecule has 0 aromatic heterocycles. The molecule has 0 spiro atoms. The third-order valence-electron chi connectivity index (χ3n) is 1.46. The van der Waals surface area contributed by atoms with Gasteiger partial charge in [-0.2, -0.15) is 0 Å². The van der Waals surface area contributed by atoms with Gasteiger partial charge in [0.15, 0.2) is 18.1 Å². The summed E-state index contributed by atoms with van der Waals surface area (Å²) in [4.78, 5) is 0. The quantitative estimate of drug-likeness (QED) is 0.456. The van der Waals surface area contributed by atoms with E-state index in [9.17, 15) is 0 Å². The summed E-state index contributed by atoms with van der Waals surface area (Å²) in [6.07, 6.45) is 3.93. The Morgan fingerprint density at radius 3 is 1.73 bits per heavy atom. The second-order valence-electron chi connectivity index (χ2n) is 2.81. The lowest BCUT2D eigenvalue weighted by Gasteiger charge is -2.14. The smallest absolute Gasteiger partial charge is 0.163 e. The van der Waals surface area contributed by atoms with Crippen molar-refractivity contribution in [3.8, 4) is 0 Å². The van der Waals surface area contributed by atoms with Crippen LogP contribution < -0.4 is 0 Å². The monoisotopic (exact) mass is 186 g/mol. The predicted octanol–water partition coefficient (Wildman–Crippen LogP) is 2.08. The molecule has 11 heavy (non-hydrogen) atoms. The molecule has 0 radical (unpaired) electrons. The van der Waals surface area contributed by atoms with Gasteiger partial charge in [-0.25, -0.2) is 0 Å². The van der Waals surface area contributed by atoms with Crippen molar-refractivity contribution in [3.05, 3.63) is 25.3 Å². The first-order valence-corrected chi connectivity index (χ1v) is 8.96. The fourth-order valence-corrected chi connectivity index (χ4v) is 5.98. The van der Waals surface area contributed by atoms with Gasteiger partial charge in [0, 0.05) is 0 Å². The van der Waals surface area contributed by atoms with E-state index < -0.39 is 18.1 Å². The van der Waals surface area contributed by atoms with Crippen LogP contribution in [0.5, 0.6) is 0 Å². The molecule has 2 unspecified atom stereocenters. The van der Waals surface area contributed by atoms with E-state index in [2.05, 4.69) is 26.3 Å². The Labute approximate surface area is 73.2 Å². The predicted molar refractivity (Wildman–Crippen MR) is 57.1 cm³/mol. The van der Waals surface area contributed by atoms with Crippen LogP contribution in [0.25, 0.3) is 0 Å². The van der Waals surface area contributed by atoms with E-state index in [1.807, 2.05) is 12.2 Å². The van der Waals surface area contributed by atoms with Gasteiger partial charge in [-0.05, 0) is 25.2 Å². The third kappa shape index (κ3) is 6.28. The van der Waals surface area contributed by atoms with E-state index in [0.717, 1.165) is 12.1 Å². The van der Waals surface area contributed by atoms with Gasteiger partial charge in [0.05, 0.1) is 0 Å². The van der Waals surface area contributed by atoms with Gasteiger partial charge in [0.1, 0.15) is 0 Å². The van der Waals surface area contributed by atoms with Gasteiger partial charge in [0.25, 0.3) is 0 Å². The normalized spacial score (nSPS) is 15.5. The van der Waals surface area contributed by atoms with Gasteiger partial charge in [-0.15, -0.1) is 13.2 Å². The molecule has 0 bridgehead atoms. The largest absolute Gasteiger partial charge is 0.460 e. The van der Waals surface area contributed by atoms with Gasteiger partial charge in [-0.3, -0.25) is 0 Å². The fraction of sp³-hybridized carbons (Fsp3) is 0.500. The van der Waals surface area contributed by atoms with Crippen LogP contribution >= 0.6 is 0 Å². The summed E-state index contributed by atoms with van der Waals surface area (Å²) in [5.41, 5.74) is 0. The first kappa shape index (κ1) is 10.9. The van der Waals surface area contributed by atoms with E-state index in [4.69, 9.17) is 4.12 Å². The molecule has 0 N–H and O–H groups in total.